The molecule has 2 atom stereocenters. The van der Waals surface area contributed by atoms with Gasteiger partial charge in [0.1, 0.15) is 24.5 Å². The van der Waals surface area contributed by atoms with Gasteiger partial charge in [0.15, 0.2) is 0 Å². The molecule has 194 valence electrons. The third kappa shape index (κ3) is 7.41. The summed E-state index contributed by atoms with van der Waals surface area (Å²) in [6.45, 7) is 12.7. The van der Waals surface area contributed by atoms with Crippen molar-refractivity contribution in [3.63, 3.8) is 0 Å². The number of carbonyl (C=O) groups is 3. The summed E-state index contributed by atoms with van der Waals surface area (Å²) < 4.78 is 10.9. The highest BCUT2D eigenvalue weighted by molar-refractivity contribution is 6.05. The summed E-state index contributed by atoms with van der Waals surface area (Å²) in [4.78, 5) is 40.0. The second-order valence-corrected chi connectivity index (χ2v) is 11.3. The summed E-state index contributed by atoms with van der Waals surface area (Å²) in [5, 5.41) is 12.9. The molecule has 2 fully saturated rings. The van der Waals surface area contributed by atoms with Gasteiger partial charge in [0.25, 0.3) is 5.91 Å². The molecule has 0 spiro atoms. The molecule has 1 aromatic rings. The van der Waals surface area contributed by atoms with Gasteiger partial charge >= 0.3 is 6.03 Å². The predicted octanol–water partition coefficient (Wildman–Crippen LogP) is 2.31. The van der Waals surface area contributed by atoms with Crippen molar-refractivity contribution in [1.82, 2.24) is 15.1 Å². The lowest BCUT2D eigenvalue weighted by molar-refractivity contribution is -0.138. The maximum Gasteiger partial charge on any atom is 0.324 e. The van der Waals surface area contributed by atoms with Crippen LogP contribution in [0.2, 0.25) is 0 Å². The predicted molar refractivity (Wildman–Crippen MR) is 131 cm³/mol. The number of carbonyl (C=O) groups excluding carboxylic acids is 3. The molecule has 0 saturated carbocycles. The molecular weight excluding hydrogens is 450 g/mol. The Morgan fingerprint density at radius 3 is 2.37 bits per heavy atom. The highest BCUT2D eigenvalue weighted by Gasteiger charge is 2.40. The van der Waals surface area contributed by atoms with Crippen LogP contribution in [0.1, 0.15) is 53.0 Å². The highest BCUT2D eigenvalue weighted by atomic mass is 16.5. The van der Waals surface area contributed by atoms with Gasteiger partial charge in [-0.2, -0.15) is 0 Å². The number of ether oxygens (including phenoxy) is 2. The van der Waals surface area contributed by atoms with E-state index in [0.717, 1.165) is 11.3 Å². The minimum atomic E-state index is -1.06. The molecule has 9 heteroatoms. The number of aliphatic hydroxyl groups excluding tert-OH is 1. The number of urea groups is 1. The second kappa shape index (κ2) is 11.0. The average molecular weight is 490 g/mol. The minimum Gasteiger partial charge on any atom is -0.491 e. The third-order valence-electron chi connectivity index (χ3n) is 6.29. The topological polar surface area (TPSA) is 108 Å². The molecule has 2 heterocycles. The van der Waals surface area contributed by atoms with E-state index < -0.39 is 24.1 Å². The molecule has 2 N–H and O–H groups in total. The zero-order valence-corrected chi connectivity index (χ0v) is 21.5. The summed E-state index contributed by atoms with van der Waals surface area (Å²) in [6, 6.07) is 6.26. The van der Waals surface area contributed by atoms with Gasteiger partial charge in [-0.15, -0.1) is 0 Å². The van der Waals surface area contributed by atoms with Crippen molar-refractivity contribution >= 4 is 17.8 Å². The Labute approximate surface area is 207 Å². The minimum absolute atomic E-state index is 0.0134. The molecule has 1 aromatic carbocycles. The number of β-amino-alcohol motifs (C(OH)–C–C–N with tert-alkyl or cyclic N) is 1. The number of imide groups is 1. The molecule has 0 aromatic heterocycles. The summed E-state index contributed by atoms with van der Waals surface area (Å²) in [5.41, 5.74) is 1.42. The molecule has 35 heavy (non-hydrogen) atoms. The molecule has 4 amide bonds. The number of rotatable bonds is 9. The summed E-state index contributed by atoms with van der Waals surface area (Å²) >= 11 is 0. The number of nitrogens with zero attached hydrogens (tertiary/aromatic N) is 2. The molecule has 9 nitrogen and oxygen atoms in total. The van der Waals surface area contributed by atoms with Gasteiger partial charge in [-0.25, -0.2) is 4.79 Å². The molecule has 2 saturated heterocycles. The normalized spacial score (nSPS) is 20.1. The van der Waals surface area contributed by atoms with Crippen LogP contribution in [0, 0.1) is 5.41 Å². The molecule has 3 rings (SSSR count). The Morgan fingerprint density at radius 2 is 1.77 bits per heavy atom. The Kier molecular flexibility index (Phi) is 8.43. The van der Waals surface area contributed by atoms with E-state index in [1.165, 1.54) is 5.56 Å². The lowest BCUT2D eigenvalue weighted by atomic mass is 9.72. The first-order valence-electron chi connectivity index (χ1n) is 12.2. The number of benzene rings is 1. The van der Waals surface area contributed by atoms with E-state index in [4.69, 9.17) is 9.47 Å². The van der Waals surface area contributed by atoms with Crippen LogP contribution >= 0.6 is 0 Å². The average Bonchev–Trinajstić information content (AvgIpc) is 3.04. The number of hydrogen-bond acceptors (Lipinski definition) is 6. The van der Waals surface area contributed by atoms with E-state index >= 15 is 0 Å². The number of aliphatic hydroxyl groups is 1. The Bertz CT molecular complexity index is 903. The maximum atomic E-state index is 12.7. The summed E-state index contributed by atoms with van der Waals surface area (Å²) in [6.07, 6.45) is -0.134. The third-order valence-corrected chi connectivity index (χ3v) is 6.29. The fraction of sp³-hybridized carbons (Fsp3) is 0.654. The largest absolute Gasteiger partial charge is 0.491 e. The van der Waals surface area contributed by atoms with Gasteiger partial charge in [0.2, 0.25) is 5.91 Å². The van der Waals surface area contributed by atoms with Crippen molar-refractivity contribution in [1.29, 1.82) is 0 Å². The SMILES string of the molecule is CC(C)(C)CC(C)(C)c1ccc(OC[C@@H](O)CN2C(=O)N[C@H](CC(=O)N3CCOCC3)C2=O)cc1. The van der Waals surface area contributed by atoms with Gasteiger partial charge in [0, 0.05) is 13.1 Å². The Balaban J connectivity index is 1.48. The first-order chi connectivity index (χ1) is 16.4. The summed E-state index contributed by atoms with van der Waals surface area (Å²) in [5.74, 6) is -0.113. The van der Waals surface area contributed by atoms with Crippen LogP contribution in [0.3, 0.4) is 0 Å². The quantitative estimate of drug-likeness (QED) is 0.516. The van der Waals surface area contributed by atoms with Crippen LogP contribution in [0.5, 0.6) is 5.75 Å². The van der Waals surface area contributed by atoms with Crippen molar-refractivity contribution in [3.8, 4) is 5.75 Å². The number of amides is 4. The van der Waals surface area contributed by atoms with Gasteiger partial charge < -0.3 is 24.8 Å². The van der Waals surface area contributed by atoms with Gasteiger partial charge in [0.05, 0.1) is 26.2 Å². The number of morpholine rings is 1. The van der Waals surface area contributed by atoms with E-state index in [9.17, 15) is 19.5 Å². The molecule has 0 aliphatic carbocycles. The van der Waals surface area contributed by atoms with Crippen LogP contribution in [-0.2, 0) is 19.7 Å². The molecule has 2 aliphatic heterocycles. The molecular formula is C26H39N3O6. The molecule has 2 aliphatic rings. The zero-order valence-electron chi connectivity index (χ0n) is 21.5. The monoisotopic (exact) mass is 489 g/mol. The van der Waals surface area contributed by atoms with Crippen LogP contribution in [-0.4, -0.2) is 84.4 Å². The second-order valence-electron chi connectivity index (χ2n) is 11.3. The van der Waals surface area contributed by atoms with Crippen molar-refractivity contribution in [2.45, 2.75) is 65.0 Å². The molecule has 0 bridgehead atoms. The van der Waals surface area contributed by atoms with E-state index in [-0.39, 0.29) is 36.3 Å². The standard InChI is InChI=1S/C26H39N3O6/c1-25(2,3)17-26(4,5)18-6-8-20(9-7-18)35-16-19(30)15-29-23(32)21(27-24(29)33)14-22(31)28-10-12-34-13-11-28/h6-9,19,21,30H,10-17H2,1-5H3,(H,27,33)/t19-,21+/m0/s1. The van der Waals surface area contributed by atoms with Gasteiger partial charge in [-0.3, -0.25) is 14.5 Å². The van der Waals surface area contributed by atoms with E-state index in [1.54, 1.807) is 4.90 Å². The zero-order chi connectivity index (χ0) is 25.8. The van der Waals surface area contributed by atoms with Crippen LogP contribution < -0.4 is 10.1 Å². The Hall–Kier alpha value is -2.65. The van der Waals surface area contributed by atoms with Crippen LogP contribution in [0.15, 0.2) is 24.3 Å². The van der Waals surface area contributed by atoms with Crippen molar-refractivity contribution in [2.24, 2.45) is 5.41 Å². The van der Waals surface area contributed by atoms with E-state index in [1.807, 2.05) is 24.3 Å². The van der Waals surface area contributed by atoms with Gasteiger partial charge in [-0.05, 0) is 34.9 Å². The molecule has 0 unspecified atom stereocenters. The lowest BCUT2D eigenvalue weighted by Crippen LogP contribution is -2.44. The van der Waals surface area contributed by atoms with Crippen molar-refractivity contribution < 1.29 is 29.0 Å². The smallest absolute Gasteiger partial charge is 0.324 e. The molecule has 0 radical (unpaired) electrons. The van der Waals surface area contributed by atoms with E-state index in [2.05, 4.69) is 39.9 Å². The maximum absolute atomic E-state index is 12.7. The van der Waals surface area contributed by atoms with Crippen LogP contribution in [0.25, 0.3) is 0 Å². The van der Waals surface area contributed by atoms with E-state index in [0.29, 0.717) is 32.1 Å². The Morgan fingerprint density at radius 1 is 1.14 bits per heavy atom. The summed E-state index contributed by atoms with van der Waals surface area (Å²) in [7, 11) is 0. The van der Waals surface area contributed by atoms with Crippen molar-refractivity contribution in [2.75, 3.05) is 39.5 Å². The van der Waals surface area contributed by atoms with Crippen LogP contribution in [0.4, 0.5) is 4.79 Å². The number of nitrogens with one attached hydrogen (secondary N) is 1. The number of hydrogen-bond donors (Lipinski definition) is 2. The fourth-order valence-electron chi connectivity index (χ4n) is 4.89. The first-order valence-corrected chi connectivity index (χ1v) is 12.2. The van der Waals surface area contributed by atoms with Gasteiger partial charge in [-0.1, -0.05) is 46.8 Å². The fourth-order valence-corrected chi connectivity index (χ4v) is 4.89. The highest BCUT2D eigenvalue weighted by Crippen LogP contribution is 2.36. The van der Waals surface area contributed by atoms with Crippen molar-refractivity contribution in [3.05, 3.63) is 29.8 Å². The first kappa shape index (κ1) is 26.9. The lowest BCUT2D eigenvalue weighted by Gasteiger charge is -2.33.